The predicted octanol–water partition coefficient (Wildman–Crippen LogP) is 4.90. The smallest absolute Gasteiger partial charge is 0.242 e. The fourth-order valence-corrected chi connectivity index (χ4v) is 5.41. The van der Waals surface area contributed by atoms with E-state index >= 15 is 0 Å². The van der Waals surface area contributed by atoms with Crippen LogP contribution in [0.15, 0.2) is 48.9 Å². The summed E-state index contributed by atoms with van der Waals surface area (Å²) in [5.41, 5.74) is 3.23. The molecule has 4 rings (SSSR count). The van der Waals surface area contributed by atoms with Crippen LogP contribution in [0.25, 0.3) is 5.69 Å². The fourth-order valence-electron chi connectivity index (χ4n) is 5.41. The number of rotatable bonds is 13. The second kappa shape index (κ2) is 14.0. The molecule has 9 heteroatoms. The number of aliphatic hydroxyl groups excluding tert-OH is 1. The Morgan fingerprint density at radius 3 is 2.77 bits per heavy atom. The van der Waals surface area contributed by atoms with Gasteiger partial charge >= 0.3 is 0 Å². The van der Waals surface area contributed by atoms with Gasteiger partial charge in [0.05, 0.1) is 24.5 Å². The van der Waals surface area contributed by atoms with Gasteiger partial charge < -0.3 is 25.6 Å². The van der Waals surface area contributed by atoms with Crippen molar-refractivity contribution >= 4 is 11.7 Å². The minimum atomic E-state index is -0.551. The summed E-state index contributed by atoms with van der Waals surface area (Å²) in [4.78, 5) is 17.7. The number of carbonyl (C=O) groups is 1. The Hall–Kier alpha value is -3.14. The molecule has 0 radical (unpaired) electrons. The van der Waals surface area contributed by atoms with Crippen LogP contribution in [0.4, 0.5) is 14.6 Å². The molecule has 0 saturated carbocycles. The van der Waals surface area contributed by atoms with Crippen LogP contribution in [-0.2, 0) is 24.2 Å². The minimum absolute atomic E-state index is 0.00833. The molecule has 40 heavy (non-hydrogen) atoms. The Morgan fingerprint density at radius 2 is 2.02 bits per heavy atom. The lowest BCUT2D eigenvalue weighted by atomic mass is 9.87. The lowest BCUT2D eigenvalue weighted by molar-refractivity contribution is -0.118. The van der Waals surface area contributed by atoms with Gasteiger partial charge in [0.15, 0.2) is 5.82 Å². The molecule has 0 fully saturated rings. The van der Waals surface area contributed by atoms with Crippen molar-refractivity contribution in [2.24, 2.45) is 5.92 Å². The van der Waals surface area contributed by atoms with Gasteiger partial charge in [-0.2, -0.15) is 0 Å². The molecule has 7 nitrogen and oxygen atoms in total. The highest BCUT2D eigenvalue weighted by Gasteiger charge is 2.27. The first-order valence-electron chi connectivity index (χ1n) is 14.3. The third-order valence-electron chi connectivity index (χ3n) is 7.98. The van der Waals surface area contributed by atoms with Crippen molar-refractivity contribution in [2.75, 3.05) is 11.9 Å². The van der Waals surface area contributed by atoms with Gasteiger partial charge in [-0.1, -0.05) is 51.8 Å². The molecule has 3 aromatic rings. The number of para-hydroxylation sites is 1. The van der Waals surface area contributed by atoms with Crippen LogP contribution in [0.2, 0.25) is 0 Å². The molecule has 0 aliphatic heterocycles. The van der Waals surface area contributed by atoms with Crippen LogP contribution >= 0.6 is 0 Å². The Bertz CT molecular complexity index is 1280. The van der Waals surface area contributed by atoms with Gasteiger partial charge in [0.2, 0.25) is 5.91 Å². The highest BCUT2D eigenvalue weighted by molar-refractivity contribution is 5.94. The monoisotopic (exact) mass is 553 g/mol. The first-order chi connectivity index (χ1) is 19.3. The lowest BCUT2D eigenvalue weighted by Gasteiger charge is -2.29. The van der Waals surface area contributed by atoms with Gasteiger partial charge in [-0.3, -0.25) is 4.79 Å². The number of carbonyl (C=O) groups excluding carboxylic acids is 1. The Kier molecular flexibility index (Phi) is 10.4. The number of fused-ring (bicyclic) bond motifs is 1. The average Bonchev–Trinajstić information content (AvgIpc) is 3.41. The van der Waals surface area contributed by atoms with Crippen molar-refractivity contribution < 1.29 is 18.7 Å². The first kappa shape index (κ1) is 29.8. The van der Waals surface area contributed by atoms with Crippen molar-refractivity contribution in [3.05, 3.63) is 77.2 Å². The normalized spacial score (nSPS) is 17.2. The molecule has 1 aliphatic carbocycles. The molecule has 4 atom stereocenters. The van der Waals surface area contributed by atoms with E-state index in [1.807, 2.05) is 35.8 Å². The van der Waals surface area contributed by atoms with E-state index in [0.29, 0.717) is 55.1 Å². The molecule has 0 unspecified atom stereocenters. The summed E-state index contributed by atoms with van der Waals surface area (Å²) in [5.74, 6) is -0.469. The van der Waals surface area contributed by atoms with Crippen molar-refractivity contribution in [1.82, 2.24) is 20.2 Å². The zero-order valence-electron chi connectivity index (χ0n) is 23.6. The zero-order chi connectivity index (χ0) is 28.6. The standard InChI is InChI=1S/C31H41F2N5O2/c1-4-8-27(36-24-12-11-21-13-23(32)14-26(33)25(21)15-24)31(40)37-30-17-38(19-35-30)29-10-7-6-9-22(29)16-34-28(18-39)20(3)5-2/h6-7,9-10,13-14,17,19-20,24,27-28,34,36,39H,4-5,8,11-12,15-16,18H2,1-3H3,(H,37,40)/t20-,24-,27-,28+/m0/s1. The van der Waals surface area contributed by atoms with Gasteiger partial charge in [-0.05, 0) is 60.4 Å². The van der Waals surface area contributed by atoms with E-state index < -0.39 is 17.7 Å². The number of imidazole rings is 1. The van der Waals surface area contributed by atoms with Gasteiger partial charge in [0, 0.05) is 24.7 Å². The van der Waals surface area contributed by atoms with Crippen molar-refractivity contribution in [2.45, 2.75) is 84.0 Å². The number of hydrogen-bond donors (Lipinski definition) is 4. The van der Waals surface area contributed by atoms with Crippen molar-refractivity contribution in [3.8, 4) is 5.69 Å². The number of nitrogens with one attached hydrogen (secondary N) is 3. The first-order valence-corrected chi connectivity index (χ1v) is 14.3. The molecular formula is C31H41F2N5O2. The summed E-state index contributed by atoms with van der Waals surface area (Å²) >= 11 is 0. The van der Waals surface area contributed by atoms with E-state index in [1.165, 1.54) is 6.07 Å². The molecule has 0 spiro atoms. The topological polar surface area (TPSA) is 91.2 Å². The predicted molar refractivity (Wildman–Crippen MR) is 153 cm³/mol. The van der Waals surface area contributed by atoms with Crippen LogP contribution < -0.4 is 16.0 Å². The molecular weight excluding hydrogens is 512 g/mol. The van der Waals surface area contributed by atoms with E-state index in [4.69, 9.17) is 0 Å². The third kappa shape index (κ3) is 7.33. The number of aryl methyl sites for hydroxylation is 1. The van der Waals surface area contributed by atoms with E-state index in [9.17, 15) is 18.7 Å². The molecule has 1 amide bonds. The summed E-state index contributed by atoms with van der Waals surface area (Å²) in [6.45, 7) is 6.92. The Balaban J connectivity index is 1.41. The maximum Gasteiger partial charge on any atom is 0.242 e. The SMILES string of the molecule is CCC[C@H](N[C@H]1CCc2cc(F)cc(F)c2C1)C(=O)Nc1cn(-c2ccccc2CN[C@H](CO)[C@@H](C)CC)cn1. The van der Waals surface area contributed by atoms with E-state index in [2.05, 4.69) is 34.8 Å². The molecule has 4 N–H and O–H groups in total. The number of aliphatic hydroxyl groups is 1. The van der Waals surface area contributed by atoms with Gasteiger partial charge in [0.25, 0.3) is 0 Å². The second-order valence-electron chi connectivity index (χ2n) is 10.8. The lowest BCUT2D eigenvalue weighted by Crippen LogP contribution is -2.48. The maximum absolute atomic E-state index is 14.4. The van der Waals surface area contributed by atoms with Gasteiger partial charge in [-0.15, -0.1) is 0 Å². The molecule has 1 aromatic heterocycles. The maximum atomic E-state index is 14.4. The number of halogens is 2. The highest BCUT2D eigenvalue weighted by Crippen LogP contribution is 2.26. The van der Waals surface area contributed by atoms with Crippen LogP contribution in [-0.4, -0.2) is 45.3 Å². The summed E-state index contributed by atoms with van der Waals surface area (Å²) in [6.07, 6.45) is 7.56. The summed E-state index contributed by atoms with van der Waals surface area (Å²) in [7, 11) is 0. The van der Waals surface area contributed by atoms with Gasteiger partial charge in [0.1, 0.15) is 18.0 Å². The van der Waals surface area contributed by atoms with E-state index in [0.717, 1.165) is 30.2 Å². The van der Waals surface area contributed by atoms with Crippen LogP contribution in [0.1, 0.15) is 63.1 Å². The third-order valence-corrected chi connectivity index (χ3v) is 7.98. The van der Waals surface area contributed by atoms with Crippen molar-refractivity contribution in [3.63, 3.8) is 0 Å². The minimum Gasteiger partial charge on any atom is -0.395 e. The number of aromatic nitrogens is 2. The molecule has 216 valence electrons. The Labute approximate surface area is 235 Å². The molecule has 1 aliphatic rings. The number of nitrogens with zero attached hydrogens (tertiary/aromatic N) is 2. The molecule has 0 saturated heterocycles. The summed E-state index contributed by atoms with van der Waals surface area (Å²) in [6, 6.07) is 9.77. The van der Waals surface area contributed by atoms with Crippen molar-refractivity contribution in [1.29, 1.82) is 0 Å². The second-order valence-corrected chi connectivity index (χ2v) is 10.8. The number of hydrogen-bond acceptors (Lipinski definition) is 5. The number of amides is 1. The Morgan fingerprint density at radius 1 is 1.23 bits per heavy atom. The summed E-state index contributed by atoms with van der Waals surface area (Å²) < 4.78 is 29.9. The quantitative estimate of drug-likeness (QED) is 0.242. The largest absolute Gasteiger partial charge is 0.395 e. The molecule has 1 heterocycles. The van der Waals surface area contributed by atoms with Crippen LogP contribution in [0.3, 0.4) is 0 Å². The van der Waals surface area contributed by atoms with Gasteiger partial charge in [-0.25, -0.2) is 13.8 Å². The summed E-state index contributed by atoms with van der Waals surface area (Å²) in [5, 5.41) is 19.6. The number of anilines is 1. The van der Waals surface area contributed by atoms with E-state index in [1.54, 1.807) is 12.5 Å². The number of benzene rings is 2. The fraction of sp³-hybridized carbons (Fsp3) is 0.484. The van der Waals surface area contributed by atoms with Crippen LogP contribution in [0, 0.1) is 17.6 Å². The van der Waals surface area contributed by atoms with E-state index in [-0.39, 0.29) is 24.6 Å². The van der Waals surface area contributed by atoms with Crippen LogP contribution in [0.5, 0.6) is 0 Å². The highest BCUT2D eigenvalue weighted by atomic mass is 19.1. The molecule has 2 aromatic carbocycles. The zero-order valence-corrected chi connectivity index (χ0v) is 23.6. The average molecular weight is 554 g/mol. The molecule has 0 bridgehead atoms.